The molecule has 2 N–H and O–H groups in total. The molecule has 1 amide bonds. The minimum absolute atomic E-state index is 0.00668. The van der Waals surface area contributed by atoms with Crippen molar-refractivity contribution >= 4 is 17.3 Å². The minimum atomic E-state index is -0.134. The zero-order valence-electron chi connectivity index (χ0n) is 11.2. The maximum atomic E-state index is 12.1. The molecular weight excluding hydrogens is 266 g/mol. The van der Waals surface area contributed by atoms with E-state index in [0.29, 0.717) is 29.2 Å². The predicted molar refractivity (Wildman–Crippen MR) is 78.7 cm³/mol. The molecule has 2 aromatic rings. The van der Waals surface area contributed by atoms with E-state index < -0.39 is 0 Å². The Kier molecular flexibility index (Phi) is 3.20. The number of anilines is 2. The molecule has 1 aliphatic rings. The molecule has 0 bridgehead atoms. The third kappa shape index (κ3) is 2.39. The minimum Gasteiger partial charge on any atom is -0.481 e. The van der Waals surface area contributed by atoms with Crippen molar-refractivity contribution in [1.29, 1.82) is 5.26 Å². The highest BCUT2D eigenvalue weighted by Crippen LogP contribution is 2.37. The molecule has 5 heteroatoms. The van der Waals surface area contributed by atoms with Gasteiger partial charge in [-0.3, -0.25) is 9.69 Å². The van der Waals surface area contributed by atoms with Crippen molar-refractivity contribution in [3.05, 3.63) is 53.6 Å². The van der Waals surface area contributed by atoms with Crippen LogP contribution < -0.4 is 15.4 Å². The number of para-hydroxylation sites is 1. The number of nitrogens with two attached hydrogens (primary N) is 1. The van der Waals surface area contributed by atoms with Crippen LogP contribution >= 0.6 is 0 Å². The van der Waals surface area contributed by atoms with Crippen LogP contribution in [0, 0.1) is 11.3 Å². The first kappa shape index (κ1) is 13.0. The van der Waals surface area contributed by atoms with Crippen molar-refractivity contribution < 1.29 is 9.53 Å². The number of hydrogen-bond donors (Lipinski definition) is 1. The Hall–Kier alpha value is -3.00. The molecule has 5 nitrogen and oxygen atoms in total. The number of benzene rings is 2. The molecule has 1 heterocycles. The van der Waals surface area contributed by atoms with E-state index in [1.807, 2.05) is 12.1 Å². The normalized spacial score (nSPS) is 13.3. The van der Waals surface area contributed by atoms with Gasteiger partial charge in [-0.1, -0.05) is 18.2 Å². The van der Waals surface area contributed by atoms with E-state index in [0.717, 1.165) is 5.56 Å². The summed E-state index contributed by atoms with van der Waals surface area (Å²) >= 11 is 0. The Morgan fingerprint density at radius 3 is 2.71 bits per heavy atom. The van der Waals surface area contributed by atoms with Gasteiger partial charge in [-0.2, -0.15) is 5.26 Å². The molecule has 0 atom stereocenters. The number of rotatable bonds is 2. The average Bonchev–Trinajstić information content (AvgIpc) is 2.51. The van der Waals surface area contributed by atoms with Crippen LogP contribution in [0.2, 0.25) is 0 Å². The summed E-state index contributed by atoms with van der Waals surface area (Å²) in [4.78, 5) is 13.8. The molecule has 0 spiro atoms. The molecule has 0 saturated carbocycles. The predicted octanol–water partition coefficient (Wildman–Crippen LogP) is 2.07. The monoisotopic (exact) mass is 279 g/mol. The number of ether oxygens (including phenoxy) is 1. The summed E-state index contributed by atoms with van der Waals surface area (Å²) in [5.74, 6) is 0.480. The van der Waals surface area contributed by atoms with E-state index in [1.54, 1.807) is 35.2 Å². The summed E-state index contributed by atoms with van der Waals surface area (Å²) < 4.78 is 5.41. The lowest BCUT2D eigenvalue weighted by molar-refractivity contribution is -0.121. The maximum absolute atomic E-state index is 12.1. The van der Waals surface area contributed by atoms with Gasteiger partial charge in [-0.15, -0.1) is 0 Å². The molecule has 0 saturated heterocycles. The Bertz CT molecular complexity index is 732. The number of carbonyl (C=O) groups excluding carboxylic acids is 1. The molecule has 1 aliphatic heterocycles. The van der Waals surface area contributed by atoms with Crippen LogP contribution in [0.25, 0.3) is 0 Å². The summed E-state index contributed by atoms with van der Waals surface area (Å²) in [7, 11) is 0. The Balaban J connectivity index is 1.95. The van der Waals surface area contributed by atoms with Crippen molar-refractivity contribution in [3.8, 4) is 11.8 Å². The summed E-state index contributed by atoms with van der Waals surface area (Å²) in [6, 6.07) is 14.5. The first-order chi connectivity index (χ1) is 10.2. The van der Waals surface area contributed by atoms with E-state index in [4.69, 9.17) is 15.7 Å². The fourth-order valence-electron chi connectivity index (χ4n) is 2.32. The second kappa shape index (κ2) is 5.17. The van der Waals surface area contributed by atoms with Crippen LogP contribution in [0.5, 0.6) is 5.75 Å². The molecule has 104 valence electrons. The Morgan fingerprint density at radius 2 is 2.00 bits per heavy atom. The number of fused-ring (bicyclic) bond motifs is 1. The van der Waals surface area contributed by atoms with E-state index in [2.05, 4.69) is 6.07 Å². The van der Waals surface area contributed by atoms with E-state index >= 15 is 0 Å². The van der Waals surface area contributed by atoms with Gasteiger partial charge in [0.15, 0.2) is 6.61 Å². The summed E-state index contributed by atoms with van der Waals surface area (Å²) in [5.41, 5.74) is 8.61. The van der Waals surface area contributed by atoms with Crippen LogP contribution in [0.1, 0.15) is 11.1 Å². The number of hydrogen-bond acceptors (Lipinski definition) is 4. The lowest BCUT2D eigenvalue weighted by Gasteiger charge is -2.30. The topological polar surface area (TPSA) is 79.3 Å². The second-order valence-corrected chi connectivity index (χ2v) is 4.77. The molecule has 0 aliphatic carbocycles. The number of nitrogens with zero attached hydrogens (tertiary/aromatic N) is 2. The van der Waals surface area contributed by atoms with E-state index in [-0.39, 0.29) is 12.5 Å². The molecule has 2 aromatic carbocycles. The smallest absolute Gasteiger partial charge is 0.265 e. The third-order valence-electron chi connectivity index (χ3n) is 3.38. The molecule has 3 rings (SSSR count). The highest BCUT2D eigenvalue weighted by Gasteiger charge is 2.27. The standard InChI is InChI=1S/C16H13N3O2/c17-8-11-4-6-12(7-5-11)9-19-15(20)10-21-14-3-1-2-13(18)16(14)19/h1-7H,9-10,18H2. The van der Waals surface area contributed by atoms with Crippen LogP contribution in [0.4, 0.5) is 11.4 Å². The lowest BCUT2D eigenvalue weighted by Crippen LogP contribution is -2.38. The van der Waals surface area contributed by atoms with Crippen molar-refractivity contribution in [2.45, 2.75) is 6.54 Å². The third-order valence-corrected chi connectivity index (χ3v) is 3.38. The fraction of sp³-hybridized carbons (Fsp3) is 0.125. The van der Waals surface area contributed by atoms with Crippen molar-refractivity contribution in [1.82, 2.24) is 0 Å². The van der Waals surface area contributed by atoms with Gasteiger partial charge in [0.2, 0.25) is 0 Å². The quantitative estimate of drug-likeness (QED) is 0.853. The summed E-state index contributed by atoms with van der Waals surface area (Å²) in [6.07, 6.45) is 0. The van der Waals surface area contributed by atoms with Gasteiger partial charge in [0.1, 0.15) is 11.4 Å². The van der Waals surface area contributed by atoms with Crippen molar-refractivity contribution in [2.24, 2.45) is 0 Å². The van der Waals surface area contributed by atoms with Gasteiger partial charge in [0.05, 0.1) is 23.9 Å². The van der Waals surface area contributed by atoms with Crippen LogP contribution in [-0.2, 0) is 11.3 Å². The highest BCUT2D eigenvalue weighted by atomic mass is 16.5. The molecule has 0 unspecified atom stereocenters. The van der Waals surface area contributed by atoms with Gasteiger partial charge in [0, 0.05) is 0 Å². The van der Waals surface area contributed by atoms with Crippen molar-refractivity contribution in [2.75, 3.05) is 17.2 Å². The van der Waals surface area contributed by atoms with Crippen LogP contribution in [-0.4, -0.2) is 12.5 Å². The largest absolute Gasteiger partial charge is 0.481 e. The van der Waals surface area contributed by atoms with Gasteiger partial charge >= 0.3 is 0 Å². The molecule has 0 fully saturated rings. The van der Waals surface area contributed by atoms with Gasteiger partial charge in [-0.05, 0) is 29.8 Å². The van der Waals surface area contributed by atoms with Gasteiger partial charge in [0.25, 0.3) is 5.91 Å². The zero-order valence-corrected chi connectivity index (χ0v) is 11.2. The molecule has 21 heavy (non-hydrogen) atoms. The highest BCUT2D eigenvalue weighted by molar-refractivity contribution is 6.01. The number of nitrogen functional groups attached to an aromatic ring is 1. The molecule has 0 radical (unpaired) electrons. The second-order valence-electron chi connectivity index (χ2n) is 4.77. The van der Waals surface area contributed by atoms with Crippen LogP contribution in [0.3, 0.4) is 0 Å². The number of carbonyl (C=O) groups is 1. The Labute approximate surface area is 122 Å². The Morgan fingerprint density at radius 1 is 1.24 bits per heavy atom. The first-order valence-electron chi connectivity index (χ1n) is 6.50. The summed E-state index contributed by atoms with van der Waals surface area (Å²) in [5, 5.41) is 8.81. The van der Waals surface area contributed by atoms with E-state index in [9.17, 15) is 4.79 Å². The average molecular weight is 279 g/mol. The van der Waals surface area contributed by atoms with E-state index in [1.165, 1.54) is 0 Å². The van der Waals surface area contributed by atoms with Crippen LogP contribution in [0.15, 0.2) is 42.5 Å². The molecule has 0 aromatic heterocycles. The fourth-order valence-corrected chi connectivity index (χ4v) is 2.32. The SMILES string of the molecule is N#Cc1ccc(CN2C(=O)COc3cccc(N)c32)cc1. The molecular formula is C16H13N3O2. The maximum Gasteiger partial charge on any atom is 0.265 e. The number of amides is 1. The number of nitriles is 1. The first-order valence-corrected chi connectivity index (χ1v) is 6.50. The van der Waals surface area contributed by atoms with Gasteiger partial charge in [-0.25, -0.2) is 0 Å². The van der Waals surface area contributed by atoms with Gasteiger partial charge < -0.3 is 10.5 Å². The lowest BCUT2D eigenvalue weighted by atomic mass is 10.1. The summed E-state index contributed by atoms with van der Waals surface area (Å²) in [6.45, 7) is 0.405. The zero-order chi connectivity index (χ0) is 14.8. The van der Waals surface area contributed by atoms with Crippen molar-refractivity contribution in [3.63, 3.8) is 0 Å².